The number of aryl methyl sites for hydroxylation is 1. The fraction of sp³-hybridized carbons (Fsp3) is 0.417. The summed E-state index contributed by atoms with van der Waals surface area (Å²) in [5, 5.41) is 0. The molecule has 98 valence electrons. The molecule has 1 amide bonds. The van der Waals surface area contributed by atoms with Gasteiger partial charge in [-0.15, -0.1) is 0 Å². The zero-order valence-corrected chi connectivity index (χ0v) is 11.1. The summed E-state index contributed by atoms with van der Waals surface area (Å²) >= 11 is 0. The minimum Gasteiger partial charge on any atom is -0.343 e. The molecule has 0 spiro atoms. The Balaban J connectivity index is 2.13. The van der Waals surface area contributed by atoms with E-state index in [-0.39, 0.29) is 17.2 Å². The van der Waals surface area contributed by atoms with Crippen LogP contribution in [0, 0.1) is 6.92 Å². The van der Waals surface area contributed by atoms with Crippen molar-refractivity contribution >= 4 is 16.0 Å². The summed E-state index contributed by atoms with van der Waals surface area (Å²) in [6.07, 6.45) is -0.476. The Hall–Kier alpha value is -1.40. The van der Waals surface area contributed by atoms with Crippen LogP contribution in [0.4, 0.5) is 0 Å². The van der Waals surface area contributed by atoms with Crippen LogP contribution in [0.5, 0.6) is 0 Å². The average Bonchev–Trinajstić information content (AvgIpc) is 2.57. The van der Waals surface area contributed by atoms with Gasteiger partial charge in [-0.05, 0) is 19.1 Å². The first-order valence-electron chi connectivity index (χ1n) is 5.62. The second-order valence-corrected chi connectivity index (χ2v) is 6.04. The van der Waals surface area contributed by atoms with Gasteiger partial charge < -0.3 is 4.90 Å². The molecule has 2 rings (SSSR count). The van der Waals surface area contributed by atoms with Crippen LogP contribution in [0.15, 0.2) is 29.2 Å². The lowest BCUT2D eigenvalue weighted by Crippen LogP contribution is -2.23. The van der Waals surface area contributed by atoms with E-state index >= 15 is 0 Å². The number of hydrogen-bond donors (Lipinski definition) is 0. The van der Waals surface area contributed by atoms with Gasteiger partial charge in [0, 0.05) is 13.6 Å². The van der Waals surface area contributed by atoms with Crippen molar-refractivity contribution in [1.29, 1.82) is 0 Å². The van der Waals surface area contributed by atoms with Gasteiger partial charge in [0.1, 0.15) is 6.10 Å². The molecule has 1 aromatic carbocycles. The number of carbonyl (C=O) groups excluding carboxylic acids is 1. The van der Waals surface area contributed by atoms with Crippen molar-refractivity contribution in [2.75, 3.05) is 13.6 Å². The van der Waals surface area contributed by atoms with Gasteiger partial charge in [0.25, 0.3) is 10.1 Å². The molecule has 5 nitrogen and oxygen atoms in total. The van der Waals surface area contributed by atoms with Crippen LogP contribution >= 0.6 is 0 Å². The summed E-state index contributed by atoms with van der Waals surface area (Å²) in [6.45, 7) is 2.19. The van der Waals surface area contributed by atoms with Crippen LogP contribution in [0.2, 0.25) is 0 Å². The average molecular weight is 269 g/mol. The Morgan fingerprint density at radius 3 is 2.39 bits per heavy atom. The molecule has 1 heterocycles. The lowest BCUT2D eigenvalue weighted by Gasteiger charge is -2.11. The first-order chi connectivity index (χ1) is 8.38. The summed E-state index contributed by atoms with van der Waals surface area (Å²) < 4.78 is 29.0. The van der Waals surface area contributed by atoms with E-state index in [1.54, 1.807) is 19.2 Å². The van der Waals surface area contributed by atoms with E-state index in [4.69, 9.17) is 4.18 Å². The van der Waals surface area contributed by atoms with Crippen LogP contribution in [-0.4, -0.2) is 38.9 Å². The number of likely N-dealkylation sites (tertiary alicyclic amines) is 1. The molecule has 1 aliphatic heterocycles. The summed E-state index contributed by atoms with van der Waals surface area (Å²) in [4.78, 5) is 12.9. The standard InChI is InChI=1S/C12H15NO4S/c1-9-3-5-11(6-4-9)18(15,16)17-10-7-12(14)13(2)8-10/h3-6,10H,7-8H2,1-2H3. The number of hydrogen-bond acceptors (Lipinski definition) is 4. The summed E-state index contributed by atoms with van der Waals surface area (Å²) in [6, 6.07) is 6.43. The molecule has 1 atom stereocenters. The van der Waals surface area contributed by atoms with Gasteiger partial charge in [-0.2, -0.15) is 8.42 Å². The molecule has 1 saturated heterocycles. The van der Waals surface area contributed by atoms with Gasteiger partial charge in [0.2, 0.25) is 5.91 Å². The fourth-order valence-electron chi connectivity index (χ4n) is 1.83. The number of carbonyl (C=O) groups is 1. The molecule has 0 saturated carbocycles. The maximum absolute atomic E-state index is 12.0. The molecular formula is C12H15NO4S. The molecule has 6 heteroatoms. The van der Waals surface area contributed by atoms with Gasteiger partial charge >= 0.3 is 0 Å². The predicted molar refractivity (Wildman–Crippen MR) is 65.5 cm³/mol. The highest BCUT2D eigenvalue weighted by atomic mass is 32.2. The molecule has 1 unspecified atom stereocenters. The van der Waals surface area contributed by atoms with Crippen molar-refractivity contribution in [3.8, 4) is 0 Å². The van der Waals surface area contributed by atoms with Crippen molar-refractivity contribution in [1.82, 2.24) is 4.90 Å². The van der Waals surface area contributed by atoms with Crippen LogP contribution in [-0.2, 0) is 19.1 Å². The summed E-state index contributed by atoms with van der Waals surface area (Å²) in [7, 11) is -2.16. The van der Waals surface area contributed by atoms with Crippen LogP contribution in [0.25, 0.3) is 0 Å². The monoisotopic (exact) mass is 269 g/mol. The van der Waals surface area contributed by atoms with E-state index in [0.29, 0.717) is 6.54 Å². The Labute approximate surface area is 106 Å². The molecule has 1 fully saturated rings. The first kappa shape index (κ1) is 13.0. The molecule has 0 N–H and O–H groups in total. The summed E-state index contributed by atoms with van der Waals surface area (Å²) in [5.74, 6) is -0.0980. The lowest BCUT2D eigenvalue weighted by atomic mass is 10.2. The van der Waals surface area contributed by atoms with Crippen molar-refractivity contribution in [3.63, 3.8) is 0 Å². The highest BCUT2D eigenvalue weighted by Crippen LogP contribution is 2.20. The van der Waals surface area contributed by atoms with Crippen molar-refractivity contribution in [2.24, 2.45) is 0 Å². The van der Waals surface area contributed by atoms with Gasteiger partial charge in [-0.25, -0.2) is 0 Å². The smallest absolute Gasteiger partial charge is 0.297 e. The van der Waals surface area contributed by atoms with E-state index in [1.807, 2.05) is 6.92 Å². The molecule has 1 aromatic rings. The molecular weight excluding hydrogens is 254 g/mol. The third-order valence-corrected chi connectivity index (χ3v) is 4.25. The molecule has 18 heavy (non-hydrogen) atoms. The zero-order chi connectivity index (χ0) is 13.3. The molecule has 1 aliphatic rings. The van der Waals surface area contributed by atoms with E-state index in [1.165, 1.54) is 17.0 Å². The van der Waals surface area contributed by atoms with E-state index in [2.05, 4.69) is 0 Å². The van der Waals surface area contributed by atoms with E-state index < -0.39 is 16.2 Å². The van der Waals surface area contributed by atoms with Crippen molar-refractivity contribution in [3.05, 3.63) is 29.8 Å². The van der Waals surface area contributed by atoms with E-state index in [0.717, 1.165) is 5.56 Å². The zero-order valence-electron chi connectivity index (χ0n) is 10.3. The highest BCUT2D eigenvalue weighted by Gasteiger charge is 2.32. The third-order valence-electron chi connectivity index (χ3n) is 2.88. The first-order valence-corrected chi connectivity index (χ1v) is 7.03. The molecule has 0 bridgehead atoms. The topological polar surface area (TPSA) is 63.7 Å². The van der Waals surface area contributed by atoms with Gasteiger partial charge in [-0.1, -0.05) is 17.7 Å². The maximum Gasteiger partial charge on any atom is 0.297 e. The minimum atomic E-state index is -3.79. The number of nitrogens with zero attached hydrogens (tertiary/aromatic N) is 1. The maximum atomic E-state index is 12.0. The minimum absolute atomic E-state index is 0.0980. The van der Waals surface area contributed by atoms with E-state index in [9.17, 15) is 13.2 Å². The Morgan fingerprint density at radius 1 is 1.28 bits per heavy atom. The largest absolute Gasteiger partial charge is 0.343 e. The lowest BCUT2D eigenvalue weighted by molar-refractivity contribution is -0.126. The number of likely N-dealkylation sites (N-methyl/N-ethyl adjacent to an activating group) is 1. The normalized spacial score (nSPS) is 20.4. The number of benzene rings is 1. The second kappa shape index (κ2) is 4.70. The third kappa shape index (κ3) is 2.70. The van der Waals surface area contributed by atoms with Crippen molar-refractivity contribution in [2.45, 2.75) is 24.3 Å². The predicted octanol–water partition coefficient (Wildman–Crippen LogP) is 0.931. The highest BCUT2D eigenvalue weighted by molar-refractivity contribution is 7.86. The quantitative estimate of drug-likeness (QED) is 0.766. The second-order valence-electron chi connectivity index (χ2n) is 4.46. The fourth-order valence-corrected chi connectivity index (χ4v) is 2.89. The molecule has 0 aromatic heterocycles. The Morgan fingerprint density at radius 2 is 1.89 bits per heavy atom. The molecule has 0 radical (unpaired) electrons. The summed E-state index contributed by atoms with van der Waals surface area (Å²) in [5.41, 5.74) is 0.977. The van der Waals surface area contributed by atoms with Crippen LogP contribution in [0.3, 0.4) is 0 Å². The Kier molecular flexibility index (Phi) is 3.41. The van der Waals surface area contributed by atoms with Crippen LogP contribution < -0.4 is 0 Å². The van der Waals surface area contributed by atoms with Gasteiger partial charge in [0.05, 0.1) is 11.3 Å². The number of rotatable bonds is 3. The molecule has 0 aliphatic carbocycles. The Bertz CT molecular complexity index is 550. The SMILES string of the molecule is Cc1ccc(S(=O)(=O)OC2CC(=O)N(C)C2)cc1. The van der Waals surface area contributed by atoms with Crippen molar-refractivity contribution < 1.29 is 17.4 Å². The van der Waals surface area contributed by atoms with Gasteiger partial charge in [-0.3, -0.25) is 8.98 Å². The number of amides is 1. The van der Waals surface area contributed by atoms with Crippen LogP contribution in [0.1, 0.15) is 12.0 Å². The van der Waals surface area contributed by atoms with Gasteiger partial charge in [0.15, 0.2) is 0 Å².